The van der Waals surface area contributed by atoms with Gasteiger partial charge in [-0.15, -0.1) is 0 Å². The van der Waals surface area contributed by atoms with Gasteiger partial charge in [0.25, 0.3) is 0 Å². The van der Waals surface area contributed by atoms with Gasteiger partial charge in [0.05, 0.1) is 5.69 Å². The minimum absolute atomic E-state index is 0.0516. The normalized spacial score (nSPS) is 14.6. The highest BCUT2D eigenvalue weighted by molar-refractivity contribution is 7.91. The van der Waals surface area contributed by atoms with Gasteiger partial charge < -0.3 is 5.11 Å². The maximum atomic E-state index is 13.2. The lowest BCUT2D eigenvalue weighted by Gasteiger charge is -2.37. The molecule has 0 aliphatic carbocycles. The van der Waals surface area contributed by atoms with Gasteiger partial charge >= 0.3 is 16.3 Å². The first kappa shape index (κ1) is 25.8. The minimum Gasteiger partial charge on any atom is -0.464 e. The SMILES string of the molecule is Cc1cc(C(C(C)NS(=O)(=O)N(C(=O)O)c2ccccc2)C(C)(C)C)nc(C(C)(C)C)c1. The summed E-state index contributed by atoms with van der Waals surface area (Å²) in [6, 6.07) is 11.2. The summed E-state index contributed by atoms with van der Waals surface area (Å²) in [5.74, 6) is -0.301. The van der Waals surface area contributed by atoms with Gasteiger partial charge in [0.1, 0.15) is 0 Å². The van der Waals surface area contributed by atoms with Crippen molar-refractivity contribution in [3.05, 3.63) is 59.4 Å². The van der Waals surface area contributed by atoms with Crippen LogP contribution in [0.15, 0.2) is 42.5 Å². The van der Waals surface area contributed by atoms with Gasteiger partial charge in [0.15, 0.2) is 0 Å². The van der Waals surface area contributed by atoms with Crippen molar-refractivity contribution >= 4 is 22.0 Å². The Labute approximate surface area is 192 Å². The van der Waals surface area contributed by atoms with Crippen molar-refractivity contribution in [2.45, 2.75) is 72.8 Å². The molecule has 2 atom stereocenters. The second kappa shape index (κ2) is 9.19. The number of carbonyl (C=O) groups is 1. The number of aryl methyl sites for hydroxylation is 1. The Morgan fingerprint density at radius 2 is 1.62 bits per heavy atom. The summed E-state index contributed by atoms with van der Waals surface area (Å²) in [5.41, 5.74) is 2.28. The van der Waals surface area contributed by atoms with E-state index < -0.39 is 22.3 Å². The fraction of sp³-hybridized carbons (Fsp3) is 0.500. The molecule has 0 aliphatic rings. The summed E-state index contributed by atoms with van der Waals surface area (Å²) in [4.78, 5) is 16.8. The Hall–Kier alpha value is -2.45. The number of amides is 1. The number of nitrogens with one attached hydrogen (secondary N) is 1. The standard InChI is InChI=1S/C24H35N3O4S/c1-16-14-19(25-20(15-16)23(3,4)5)21(24(6,7)8)17(2)26-32(30,31)27(22(28)29)18-12-10-9-11-13-18/h9-15,17,21,26H,1-8H3,(H,28,29). The number of pyridine rings is 1. The van der Waals surface area contributed by atoms with Gasteiger partial charge in [0.2, 0.25) is 0 Å². The Bertz CT molecular complexity index is 1050. The third-order valence-corrected chi connectivity index (χ3v) is 6.77. The predicted octanol–water partition coefficient (Wildman–Crippen LogP) is 5.22. The Morgan fingerprint density at radius 1 is 1.06 bits per heavy atom. The Kier molecular flexibility index (Phi) is 7.41. The lowest BCUT2D eigenvalue weighted by atomic mass is 9.74. The number of nitrogens with zero attached hydrogens (tertiary/aromatic N) is 2. The summed E-state index contributed by atoms with van der Waals surface area (Å²) in [5, 5.41) is 9.65. The molecule has 0 bridgehead atoms. The van der Waals surface area contributed by atoms with Crippen LogP contribution in [0.4, 0.5) is 10.5 Å². The van der Waals surface area contributed by atoms with Gasteiger partial charge in [-0.1, -0.05) is 59.7 Å². The highest BCUT2D eigenvalue weighted by Crippen LogP contribution is 2.38. The second-order valence-corrected chi connectivity index (χ2v) is 11.9. The lowest BCUT2D eigenvalue weighted by molar-refractivity contribution is 0.206. The van der Waals surface area contributed by atoms with Crippen molar-refractivity contribution in [2.75, 3.05) is 4.31 Å². The molecule has 176 valence electrons. The van der Waals surface area contributed by atoms with Crippen LogP contribution in [0.1, 0.15) is 71.3 Å². The molecule has 0 spiro atoms. The van der Waals surface area contributed by atoms with E-state index in [0.29, 0.717) is 4.31 Å². The van der Waals surface area contributed by atoms with Gasteiger partial charge in [-0.05, 0) is 49.1 Å². The monoisotopic (exact) mass is 461 g/mol. The summed E-state index contributed by atoms with van der Waals surface area (Å²) < 4.78 is 29.3. The summed E-state index contributed by atoms with van der Waals surface area (Å²) in [6.07, 6.45) is -1.58. The van der Waals surface area contributed by atoms with Crippen LogP contribution in [0, 0.1) is 12.3 Å². The van der Waals surface area contributed by atoms with Crippen molar-refractivity contribution in [2.24, 2.45) is 5.41 Å². The van der Waals surface area contributed by atoms with Crippen molar-refractivity contribution in [1.29, 1.82) is 0 Å². The van der Waals surface area contributed by atoms with Crippen molar-refractivity contribution in [1.82, 2.24) is 9.71 Å². The molecule has 2 aromatic rings. The van der Waals surface area contributed by atoms with Crippen LogP contribution in [-0.2, 0) is 15.6 Å². The zero-order valence-corrected chi connectivity index (χ0v) is 21.0. The highest BCUT2D eigenvalue weighted by atomic mass is 32.2. The van der Waals surface area contributed by atoms with Crippen molar-refractivity contribution < 1.29 is 18.3 Å². The topological polar surface area (TPSA) is 99.6 Å². The molecule has 0 fully saturated rings. The Balaban J connectivity index is 2.50. The van der Waals surface area contributed by atoms with E-state index >= 15 is 0 Å². The molecule has 1 aromatic carbocycles. The number of benzene rings is 1. The molecule has 2 rings (SSSR count). The molecule has 1 heterocycles. The second-order valence-electron chi connectivity index (χ2n) is 10.3. The lowest BCUT2D eigenvalue weighted by Crippen LogP contribution is -2.50. The van der Waals surface area contributed by atoms with E-state index in [1.54, 1.807) is 25.1 Å². The largest absolute Gasteiger partial charge is 0.464 e. The zero-order valence-electron chi connectivity index (χ0n) is 20.2. The highest BCUT2D eigenvalue weighted by Gasteiger charge is 2.38. The number of aromatic nitrogens is 1. The smallest absolute Gasteiger partial charge is 0.426 e. The van der Waals surface area contributed by atoms with E-state index in [2.05, 4.69) is 25.5 Å². The molecule has 2 unspecified atom stereocenters. The molecule has 0 saturated carbocycles. The summed E-state index contributed by atoms with van der Waals surface area (Å²) >= 11 is 0. The van der Waals surface area contributed by atoms with Crippen molar-refractivity contribution in [3.8, 4) is 0 Å². The first-order chi connectivity index (χ1) is 14.5. The predicted molar refractivity (Wildman–Crippen MR) is 128 cm³/mol. The summed E-state index contributed by atoms with van der Waals surface area (Å²) in [6.45, 7) is 16.1. The van der Waals surface area contributed by atoms with Gasteiger partial charge in [-0.3, -0.25) is 4.98 Å². The van der Waals surface area contributed by atoms with E-state index in [0.717, 1.165) is 17.0 Å². The first-order valence-electron chi connectivity index (χ1n) is 10.6. The molecule has 0 saturated heterocycles. The summed E-state index contributed by atoms with van der Waals surface area (Å²) in [7, 11) is -4.38. The van der Waals surface area contributed by atoms with Gasteiger partial charge in [-0.25, -0.2) is 4.79 Å². The van der Waals surface area contributed by atoms with E-state index in [-0.39, 0.29) is 22.4 Å². The maximum Gasteiger partial charge on any atom is 0.426 e. The average Bonchev–Trinajstić information content (AvgIpc) is 2.59. The third kappa shape index (κ3) is 6.07. The average molecular weight is 462 g/mol. The molecular formula is C24H35N3O4S. The molecule has 32 heavy (non-hydrogen) atoms. The van der Waals surface area contributed by atoms with E-state index in [1.807, 2.05) is 39.8 Å². The Morgan fingerprint density at radius 3 is 2.09 bits per heavy atom. The van der Waals surface area contributed by atoms with Crippen LogP contribution in [-0.4, -0.2) is 30.6 Å². The number of hydrogen-bond acceptors (Lipinski definition) is 4. The molecule has 1 amide bonds. The van der Waals surface area contributed by atoms with Crippen molar-refractivity contribution in [3.63, 3.8) is 0 Å². The van der Waals surface area contributed by atoms with Gasteiger partial charge in [0, 0.05) is 28.8 Å². The van der Waals surface area contributed by atoms with Crippen LogP contribution >= 0.6 is 0 Å². The molecular weight excluding hydrogens is 426 g/mol. The number of hydrogen-bond donors (Lipinski definition) is 2. The number of carboxylic acid groups (broad SMARTS) is 1. The van der Waals surface area contributed by atoms with Gasteiger partial charge in [-0.2, -0.15) is 17.4 Å². The van der Waals surface area contributed by atoms with Crippen LogP contribution in [0.5, 0.6) is 0 Å². The molecule has 1 aromatic heterocycles. The van der Waals surface area contributed by atoms with Crippen LogP contribution in [0.3, 0.4) is 0 Å². The number of rotatable bonds is 6. The fourth-order valence-corrected chi connectivity index (χ4v) is 5.27. The van der Waals surface area contributed by atoms with Crippen LogP contribution in [0.25, 0.3) is 0 Å². The number of para-hydroxylation sites is 1. The quantitative estimate of drug-likeness (QED) is 0.614. The first-order valence-corrected chi connectivity index (χ1v) is 12.1. The molecule has 7 nitrogen and oxygen atoms in total. The zero-order chi connectivity index (χ0) is 24.5. The molecule has 0 radical (unpaired) electrons. The molecule has 0 aliphatic heterocycles. The van der Waals surface area contributed by atoms with Crippen LogP contribution in [0.2, 0.25) is 0 Å². The van der Waals surface area contributed by atoms with Crippen LogP contribution < -0.4 is 9.03 Å². The molecule has 2 N–H and O–H groups in total. The fourth-order valence-electron chi connectivity index (χ4n) is 3.96. The third-order valence-electron chi connectivity index (χ3n) is 5.25. The minimum atomic E-state index is -4.38. The van der Waals surface area contributed by atoms with E-state index in [9.17, 15) is 18.3 Å². The van der Waals surface area contributed by atoms with E-state index in [4.69, 9.17) is 4.98 Å². The number of anilines is 1. The molecule has 8 heteroatoms. The van der Waals surface area contributed by atoms with E-state index in [1.165, 1.54) is 12.1 Å². The maximum absolute atomic E-state index is 13.2.